The summed E-state index contributed by atoms with van der Waals surface area (Å²) >= 11 is 44.1. The molecule has 0 radical (unpaired) electrons. The lowest BCUT2D eigenvalue weighted by Crippen LogP contribution is -2.14. The lowest BCUT2D eigenvalue weighted by Gasteiger charge is -2.10. The van der Waals surface area contributed by atoms with Gasteiger partial charge in [0.1, 0.15) is 10.3 Å². The minimum atomic E-state index is -0.816. The van der Waals surface area contributed by atoms with E-state index >= 15 is 0 Å². The van der Waals surface area contributed by atoms with Gasteiger partial charge in [-0.25, -0.2) is 9.97 Å². The van der Waals surface area contributed by atoms with E-state index in [1.165, 1.54) is 41.8 Å². The number of carbonyl (C=O) groups is 4. The Labute approximate surface area is 566 Å². The monoisotopic (exact) mass is 1370 g/mol. The van der Waals surface area contributed by atoms with Crippen LogP contribution in [0.1, 0.15) is 46.3 Å². The zero-order valence-electron chi connectivity index (χ0n) is 47.8. The molecule has 458 valence electrons. The zero-order valence-corrected chi connectivity index (χ0v) is 53.9. The van der Waals surface area contributed by atoms with Gasteiger partial charge in [0.2, 0.25) is 5.95 Å². The van der Waals surface area contributed by atoms with Gasteiger partial charge >= 0.3 is 0 Å². The largest absolute Gasteiger partial charge is 0.322 e. The first-order valence-electron chi connectivity index (χ1n) is 27.3. The molecule has 0 aliphatic rings. The maximum atomic E-state index is 13.5. The molecule has 0 bridgehead atoms. The van der Waals surface area contributed by atoms with Gasteiger partial charge in [-0.1, -0.05) is 118 Å². The van der Waals surface area contributed by atoms with Crippen LogP contribution in [0.25, 0.3) is 45.0 Å². The number of aryl methyl sites for hydroxylation is 1. The van der Waals surface area contributed by atoms with Crippen LogP contribution < -0.4 is 21.3 Å². The first-order chi connectivity index (χ1) is 44.5. The van der Waals surface area contributed by atoms with E-state index in [0.29, 0.717) is 75.3 Å². The summed E-state index contributed by atoms with van der Waals surface area (Å²) in [6.45, 7) is 1.92. The van der Waals surface area contributed by atoms with Crippen molar-refractivity contribution in [1.82, 2.24) is 29.9 Å². The molecule has 14 nitrogen and oxygen atoms in total. The fourth-order valence-corrected chi connectivity index (χ4v) is 10.8. The van der Waals surface area contributed by atoms with Crippen LogP contribution in [0, 0.1) is 12.9 Å². The fraction of sp³-hybridized carbons (Fsp3) is 0.0145. The third-order valence-corrected chi connectivity index (χ3v) is 16.1. The maximum Gasteiger partial charge on any atom is 0.265 e. The van der Waals surface area contributed by atoms with Crippen LogP contribution >= 0.6 is 92.5 Å². The van der Waals surface area contributed by atoms with Crippen LogP contribution in [-0.2, 0) is 0 Å². The summed E-state index contributed by atoms with van der Waals surface area (Å²) in [5, 5.41) is 15.9. The van der Waals surface area contributed by atoms with Crippen LogP contribution in [-0.4, -0.2) is 53.5 Å². The van der Waals surface area contributed by atoms with Crippen molar-refractivity contribution in [1.29, 1.82) is 0 Å². The van der Waals surface area contributed by atoms with E-state index in [1.807, 2.05) is 91.2 Å². The highest BCUT2D eigenvalue weighted by Gasteiger charge is 2.18. The van der Waals surface area contributed by atoms with Crippen LogP contribution in [0.15, 0.2) is 237 Å². The number of hydrogen-bond donors (Lipinski definition) is 4. The molecule has 4 N–H and O–H groups in total. The average molecular weight is 1380 g/mol. The second-order valence-electron chi connectivity index (χ2n) is 19.2. The number of nitrogens with zero attached hydrogens (tertiary/aromatic N) is 6. The van der Waals surface area contributed by atoms with E-state index in [9.17, 15) is 23.6 Å². The normalized spacial score (nSPS) is 10.4. The van der Waals surface area contributed by atoms with Crippen molar-refractivity contribution in [2.45, 2.75) is 6.92 Å². The average Bonchev–Trinajstić information content (AvgIpc) is 1.36. The fourth-order valence-electron chi connectivity index (χ4n) is 8.46. The summed E-state index contributed by atoms with van der Waals surface area (Å²) in [6.07, 6.45) is 8.03. The molecular formula is C69H46Cl7FN10O4S. The van der Waals surface area contributed by atoms with Gasteiger partial charge in [-0.3, -0.25) is 39.1 Å². The number of amides is 4. The van der Waals surface area contributed by atoms with E-state index < -0.39 is 17.8 Å². The number of rotatable bonds is 12. The lowest BCUT2D eigenvalue weighted by molar-refractivity contribution is 0.101. The third-order valence-electron chi connectivity index (χ3n) is 12.9. The van der Waals surface area contributed by atoms with E-state index in [2.05, 4.69) is 51.2 Å². The van der Waals surface area contributed by atoms with Gasteiger partial charge < -0.3 is 21.3 Å². The predicted molar refractivity (Wildman–Crippen MR) is 370 cm³/mol. The quantitative estimate of drug-likeness (QED) is 0.0855. The standard InChI is InChI=1S/C18H12Cl2N2O.C17H10Cl3N3O.C17H11ClFN3O.C17H13ClN2OS/c19-15-6-2-1-5-13(15)18(23)22-12-8-9-16(20)14(11-12)17-7-3-4-10-21-17;18-13-6-4-10(9-12(13)14-3-1-2-8-21-14)22-17(24)11-5-7-15(19)23-16(11)20;18-14-7-6-11(10-13(14)15-5-1-2-8-20-15)22-17(23)12-4-3-9-21-16(12)19;1-11-7-9-22-16(11)17(21)20-12-5-6-14(18)13(10-12)15-4-2-3-8-19-15/h1-11H,(H,22,23);1-9H,(H,22,24);1-10H,(H,22,23);2-10H,1H3,(H,20,21). The topological polar surface area (TPSA) is 194 Å². The molecule has 7 aromatic heterocycles. The molecular weight excluding hydrogens is 1330 g/mol. The molecule has 92 heavy (non-hydrogen) atoms. The molecule has 12 aromatic rings. The molecule has 0 aliphatic carbocycles. The Morgan fingerprint density at radius 1 is 0.370 bits per heavy atom. The number of pyridine rings is 6. The van der Waals surface area contributed by atoms with Gasteiger partial charge in [0.05, 0.1) is 69.5 Å². The molecule has 0 aliphatic heterocycles. The number of carbonyl (C=O) groups excluding carboxylic acids is 4. The minimum absolute atomic E-state index is 0.0407. The highest BCUT2D eigenvalue weighted by Crippen LogP contribution is 2.34. The summed E-state index contributed by atoms with van der Waals surface area (Å²) in [5.74, 6) is -2.17. The summed E-state index contributed by atoms with van der Waals surface area (Å²) < 4.78 is 13.5. The zero-order chi connectivity index (χ0) is 65.1. The minimum Gasteiger partial charge on any atom is -0.322 e. The Kier molecular flexibility index (Phi) is 23.7. The number of aromatic nitrogens is 6. The van der Waals surface area contributed by atoms with Crippen LogP contribution in [0.5, 0.6) is 0 Å². The maximum absolute atomic E-state index is 13.5. The van der Waals surface area contributed by atoms with Gasteiger partial charge in [0, 0.05) is 76.0 Å². The van der Waals surface area contributed by atoms with Crippen LogP contribution in [0.3, 0.4) is 0 Å². The van der Waals surface area contributed by atoms with Gasteiger partial charge in [-0.15, -0.1) is 11.3 Å². The molecule has 0 atom stereocenters. The first-order valence-corrected chi connectivity index (χ1v) is 30.8. The van der Waals surface area contributed by atoms with Crippen LogP contribution in [0.4, 0.5) is 27.1 Å². The molecule has 23 heteroatoms. The number of nitrogens with one attached hydrogen (secondary N) is 4. The SMILES string of the molecule is Cc1ccsc1C(=O)Nc1ccc(Cl)c(-c2ccccn2)c1.O=C(Nc1ccc(Cl)c(-c2ccccn2)c1)c1ccc(Cl)nc1Cl.O=C(Nc1ccc(Cl)c(-c2ccccn2)c1)c1ccccc1Cl.O=C(Nc1ccc(Cl)c(-c2ccccn2)c1)c1cccnc1F. The second-order valence-corrected chi connectivity index (χ2v) is 22.9. The number of thiophene rings is 1. The van der Waals surface area contributed by atoms with Crippen molar-refractivity contribution < 1.29 is 23.6 Å². The Hall–Kier alpha value is -9.46. The van der Waals surface area contributed by atoms with E-state index in [-0.39, 0.29) is 33.2 Å². The Balaban J connectivity index is 0.000000145. The van der Waals surface area contributed by atoms with Gasteiger partial charge in [0.15, 0.2) is 0 Å². The molecule has 0 unspecified atom stereocenters. The molecule has 4 amide bonds. The Bertz CT molecular complexity index is 4440. The predicted octanol–water partition coefficient (Wildman–Crippen LogP) is 19.9. The summed E-state index contributed by atoms with van der Waals surface area (Å²) in [7, 11) is 0. The lowest BCUT2D eigenvalue weighted by atomic mass is 10.1. The smallest absolute Gasteiger partial charge is 0.265 e. The summed E-state index contributed by atoms with van der Waals surface area (Å²) in [6, 6.07) is 57.7. The number of benzene rings is 5. The van der Waals surface area contributed by atoms with E-state index in [1.54, 1.807) is 122 Å². The van der Waals surface area contributed by atoms with Gasteiger partial charge in [-0.05, 0) is 182 Å². The molecule has 0 spiro atoms. The highest BCUT2D eigenvalue weighted by molar-refractivity contribution is 7.12. The molecule has 0 saturated heterocycles. The Morgan fingerprint density at radius 2 is 0.739 bits per heavy atom. The van der Waals surface area contributed by atoms with E-state index in [4.69, 9.17) is 81.2 Å². The summed E-state index contributed by atoms with van der Waals surface area (Å²) in [5.41, 5.74) is 9.73. The number of halogens is 8. The molecule has 0 saturated carbocycles. The molecule has 5 aromatic carbocycles. The second kappa shape index (κ2) is 32.5. The van der Waals surface area contributed by atoms with Crippen molar-refractivity contribution in [3.63, 3.8) is 0 Å². The number of hydrogen-bond acceptors (Lipinski definition) is 11. The highest BCUT2D eigenvalue weighted by atomic mass is 35.5. The molecule has 0 fully saturated rings. The molecule has 12 rings (SSSR count). The van der Waals surface area contributed by atoms with Crippen molar-refractivity contribution in [3.8, 4) is 45.0 Å². The van der Waals surface area contributed by atoms with E-state index in [0.717, 1.165) is 33.6 Å². The van der Waals surface area contributed by atoms with Gasteiger partial charge in [-0.2, -0.15) is 4.39 Å². The molecule has 7 heterocycles. The van der Waals surface area contributed by atoms with Crippen molar-refractivity contribution in [3.05, 3.63) is 305 Å². The van der Waals surface area contributed by atoms with Crippen molar-refractivity contribution in [2.75, 3.05) is 21.3 Å². The van der Waals surface area contributed by atoms with Crippen molar-refractivity contribution >= 4 is 139 Å². The number of anilines is 4. The summed E-state index contributed by atoms with van der Waals surface area (Å²) in [4.78, 5) is 74.2. The Morgan fingerprint density at radius 3 is 1.11 bits per heavy atom. The van der Waals surface area contributed by atoms with Crippen molar-refractivity contribution in [2.24, 2.45) is 0 Å². The first kappa shape index (κ1) is 66.9. The van der Waals surface area contributed by atoms with Gasteiger partial charge in [0.25, 0.3) is 23.6 Å². The third kappa shape index (κ3) is 18.2. The van der Waals surface area contributed by atoms with Crippen LogP contribution in [0.2, 0.25) is 35.4 Å².